The monoisotopic (exact) mass is 278 g/mol. The molecule has 0 amide bonds. The second-order valence-corrected chi connectivity index (χ2v) is 5.79. The lowest BCUT2D eigenvalue weighted by Gasteiger charge is -2.27. The Morgan fingerprint density at radius 3 is 3.00 bits per heavy atom. The largest absolute Gasteiger partial charge is 0.333 e. The van der Waals surface area contributed by atoms with E-state index < -0.39 is 0 Å². The van der Waals surface area contributed by atoms with E-state index in [1.54, 1.807) is 11.3 Å². The van der Waals surface area contributed by atoms with E-state index in [2.05, 4.69) is 45.9 Å². The van der Waals surface area contributed by atoms with Gasteiger partial charge in [-0.3, -0.25) is 4.90 Å². The molecule has 1 atom stereocenters. The molecule has 19 heavy (non-hydrogen) atoms. The summed E-state index contributed by atoms with van der Waals surface area (Å²) in [4.78, 5) is 7.94. The summed E-state index contributed by atoms with van der Waals surface area (Å²) < 4.78 is 2.21. The van der Waals surface area contributed by atoms with E-state index in [4.69, 9.17) is 5.73 Å². The van der Waals surface area contributed by atoms with Gasteiger partial charge in [0.05, 0.1) is 18.1 Å². The van der Waals surface area contributed by atoms with Crippen LogP contribution in [0.2, 0.25) is 0 Å². The maximum Gasteiger partial charge on any atom is 0.0948 e. The zero-order chi connectivity index (χ0) is 13.7. The summed E-state index contributed by atoms with van der Waals surface area (Å²) in [5.74, 6) is 0. The summed E-state index contributed by atoms with van der Waals surface area (Å²) in [6.07, 6.45) is 4.95. The van der Waals surface area contributed by atoms with Crippen LogP contribution in [0.15, 0.2) is 30.0 Å². The average molecular weight is 278 g/mol. The Kier molecular flexibility index (Phi) is 5.13. The third-order valence-corrected chi connectivity index (χ3v) is 4.15. The van der Waals surface area contributed by atoms with Gasteiger partial charge in [-0.05, 0) is 24.9 Å². The van der Waals surface area contributed by atoms with Crippen LogP contribution in [0.25, 0.3) is 0 Å². The molecule has 0 bridgehead atoms. The number of likely N-dealkylation sites (N-methyl/N-ethyl adjacent to an activating group) is 1. The molecule has 4 nitrogen and oxygen atoms in total. The van der Waals surface area contributed by atoms with Gasteiger partial charge in [0.15, 0.2) is 0 Å². The Morgan fingerprint density at radius 1 is 1.53 bits per heavy atom. The number of hydrogen-bond acceptors (Lipinski definition) is 4. The molecule has 0 spiro atoms. The van der Waals surface area contributed by atoms with Gasteiger partial charge >= 0.3 is 0 Å². The molecular formula is C14H22N4S. The number of imidazole rings is 1. The first-order chi connectivity index (χ1) is 9.26. The van der Waals surface area contributed by atoms with Crippen molar-refractivity contribution in [1.29, 1.82) is 0 Å². The highest BCUT2D eigenvalue weighted by atomic mass is 32.1. The molecule has 104 valence electrons. The van der Waals surface area contributed by atoms with Crippen molar-refractivity contribution in [1.82, 2.24) is 14.5 Å². The molecule has 0 aromatic carbocycles. The van der Waals surface area contributed by atoms with Crippen molar-refractivity contribution in [3.05, 3.63) is 40.6 Å². The Balaban J connectivity index is 2.12. The zero-order valence-electron chi connectivity index (χ0n) is 11.6. The topological polar surface area (TPSA) is 47.1 Å². The molecule has 0 aliphatic rings. The number of nitrogens with zero attached hydrogens (tertiary/aromatic N) is 3. The molecule has 0 saturated heterocycles. The number of rotatable bonds is 7. The second-order valence-electron chi connectivity index (χ2n) is 4.76. The lowest BCUT2D eigenvalue weighted by Crippen LogP contribution is -2.31. The van der Waals surface area contributed by atoms with Crippen LogP contribution >= 0.6 is 11.3 Å². The minimum absolute atomic E-state index is 0.219. The van der Waals surface area contributed by atoms with E-state index >= 15 is 0 Å². The van der Waals surface area contributed by atoms with Crippen molar-refractivity contribution in [3.63, 3.8) is 0 Å². The molecule has 0 aliphatic heterocycles. The minimum Gasteiger partial charge on any atom is -0.333 e. The third-order valence-electron chi connectivity index (χ3n) is 3.29. The Bertz CT molecular complexity index is 477. The van der Waals surface area contributed by atoms with Gasteiger partial charge in [-0.2, -0.15) is 0 Å². The van der Waals surface area contributed by atoms with Crippen LogP contribution in [-0.2, 0) is 13.1 Å². The number of aromatic nitrogens is 2. The predicted molar refractivity (Wildman–Crippen MR) is 80.1 cm³/mol. The van der Waals surface area contributed by atoms with Gasteiger partial charge in [-0.1, -0.05) is 13.0 Å². The number of nitrogens with two attached hydrogens (primary N) is 1. The first-order valence-electron chi connectivity index (χ1n) is 6.69. The Morgan fingerprint density at radius 2 is 2.37 bits per heavy atom. The van der Waals surface area contributed by atoms with Crippen LogP contribution in [0, 0.1) is 0 Å². The van der Waals surface area contributed by atoms with Crippen molar-refractivity contribution >= 4 is 11.3 Å². The van der Waals surface area contributed by atoms with E-state index in [1.807, 2.05) is 12.5 Å². The summed E-state index contributed by atoms with van der Waals surface area (Å²) in [6, 6.07) is 4.47. The van der Waals surface area contributed by atoms with Crippen LogP contribution in [0.4, 0.5) is 0 Å². The molecule has 0 aliphatic carbocycles. The zero-order valence-corrected chi connectivity index (χ0v) is 12.4. The number of thiophene rings is 1. The van der Waals surface area contributed by atoms with Gasteiger partial charge in [0.2, 0.25) is 0 Å². The van der Waals surface area contributed by atoms with Crippen LogP contribution in [0.3, 0.4) is 0 Å². The van der Waals surface area contributed by atoms with Gasteiger partial charge in [-0.25, -0.2) is 4.98 Å². The Labute approximate surface area is 118 Å². The molecule has 0 fully saturated rings. The highest BCUT2D eigenvalue weighted by Gasteiger charge is 2.19. The number of hydrogen-bond donors (Lipinski definition) is 1. The fourth-order valence-corrected chi connectivity index (χ4v) is 3.09. The first kappa shape index (κ1) is 14.2. The fourth-order valence-electron chi connectivity index (χ4n) is 2.32. The molecule has 2 heterocycles. The summed E-state index contributed by atoms with van der Waals surface area (Å²) >= 11 is 1.79. The summed E-state index contributed by atoms with van der Waals surface area (Å²) in [5.41, 5.74) is 7.19. The lowest BCUT2D eigenvalue weighted by molar-refractivity contribution is 0.234. The fraction of sp³-hybridized carbons (Fsp3) is 0.500. The minimum atomic E-state index is 0.219. The van der Waals surface area contributed by atoms with Crippen LogP contribution in [-0.4, -0.2) is 28.0 Å². The van der Waals surface area contributed by atoms with Gasteiger partial charge < -0.3 is 10.3 Å². The van der Waals surface area contributed by atoms with Crippen LogP contribution in [0.5, 0.6) is 0 Å². The van der Waals surface area contributed by atoms with E-state index in [-0.39, 0.29) is 6.04 Å². The molecule has 2 N–H and O–H groups in total. The van der Waals surface area contributed by atoms with E-state index in [0.717, 1.165) is 19.5 Å². The van der Waals surface area contributed by atoms with E-state index in [0.29, 0.717) is 6.54 Å². The number of aryl methyl sites for hydroxylation is 1. The van der Waals surface area contributed by atoms with Crippen LogP contribution in [0.1, 0.15) is 30.0 Å². The van der Waals surface area contributed by atoms with Gasteiger partial charge in [0.25, 0.3) is 0 Å². The smallest absolute Gasteiger partial charge is 0.0948 e. The van der Waals surface area contributed by atoms with Crippen molar-refractivity contribution in [2.75, 3.05) is 13.6 Å². The average Bonchev–Trinajstić information content (AvgIpc) is 3.03. The first-order valence-corrected chi connectivity index (χ1v) is 7.57. The maximum atomic E-state index is 5.98. The van der Waals surface area contributed by atoms with Gasteiger partial charge in [-0.15, -0.1) is 11.3 Å². The highest BCUT2D eigenvalue weighted by molar-refractivity contribution is 7.09. The van der Waals surface area contributed by atoms with Crippen molar-refractivity contribution < 1.29 is 0 Å². The van der Waals surface area contributed by atoms with Crippen molar-refractivity contribution in [3.8, 4) is 0 Å². The molecule has 5 heteroatoms. The molecule has 0 radical (unpaired) electrons. The van der Waals surface area contributed by atoms with Gasteiger partial charge in [0.1, 0.15) is 0 Å². The van der Waals surface area contributed by atoms with Crippen LogP contribution < -0.4 is 5.73 Å². The summed E-state index contributed by atoms with van der Waals surface area (Å²) in [7, 11) is 2.13. The maximum absolute atomic E-state index is 5.98. The third kappa shape index (κ3) is 3.43. The predicted octanol–water partition coefficient (Wildman–Crippen LogP) is 2.49. The molecule has 1 unspecified atom stereocenters. The molecule has 2 aromatic rings. The van der Waals surface area contributed by atoms with E-state index in [1.165, 1.54) is 10.6 Å². The molecular weight excluding hydrogens is 256 g/mol. The molecule has 2 rings (SSSR count). The Hall–Kier alpha value is -1.17. The normalized spacial score (nSPS) is 13.1. The summed E-state index contributed by atoms with van der Waals surface area (Å²) in [5, 5.41) is 2.11. The quantitative estimate of drug-likeness (QED) is 0.846. The molecule has 0 saturated carbocycles. The van der Waals surface area contributed by atoms with Crippen molar-refractivity contribution in [2.24, 2.45) is 5.73 Å². The second kappa shape index (κ2) is 6.84. The van der Waals surface area contributed by atoms with Gasteiger partial charge in [0, 0.05) is 30.7 Å². The SMILES string of the molecule is CCCn1cncc1C(CN)N(C)Cc1cccs1. The highest BCUT2D eigenvalue weighted by Crippen LogP contribution is 2.22. The molecule has 2 aromatic heterocycles. The lowest BCUT2D eigenvalue weighted by atomic mass is 10.2. The standard InChI is InChI=1S/C14H22N4S/c1-3-6-18-11-16-9-14(18)13(8-15)17(2)10-12-5-4-7-19-12/h4-5,7,9,11,13H,3,6,8,10,15H2,1-2H3. The summed E-state index contributed by atoms with van der Waals surface area (Å²) in [6.45, 7) is 4.71. The van der Waals surface area contributed by atoms with E-state index in [9.17, 15) is 0 Å². The van der Waals surface area contributed by atoms with Crippen molar-refractivity contribution in [2.45, 2.75) is 32.5 Å².